The van der Waals surface area contributed by atoms with E-state index < -0.39 is 0 Å². The minimum Gasteiger partial charge on any atom is -0.316 e. The number of hydrogen-bond donors (Lipinski definition) is 3. The summed E-state index contributed by atoms with van der Waals surface area (Å²) >= 11 is 0. The van der Waals surface area contributed by atoms with E-state index >= 15 is 0 Å². The van der Waals surface area contributed by atoms with Crippen LogP contribution in [0.2, 0.25) is 0 Å². The fraction of sp³-hybridized carbons (Fsp3) is 1.00. The number of hydrogen-bond acceptors (Lipinski definition) is 3. The zero-order valence-electron chi connectivity index (χ0n) is 9.47. The third-order valence-corrected chi connectivity index (χ3v) is 4.57. The monoisotopic (exact) mass is 209 g/mol. The first kappa shape index (κ1) is 10.1. The van der Waals surface area contributed by atoms with Gasteiger partial charge in [0.05, 0.1) is 6.17 Å². The van der Waals surface area contributed by atoms with Crippen LogP contribution in [0.25, 0.3) is 0 Å². The van der Waals surface area contributed by atoms with Crippen molar-refractivity contribution in [2.24, 2.45) is 17.8 Å². The van der Waals surface area contributed by atoms with Gasteiger partial charge >= 0.3 is 0 Å². The molecule has 3 heterocycles. The molecule has 0 bridgehead atoms. The lowest BCUT2D eigenvalue weighted by molar-refractivity contribution is 0.180. The van der Waals surface area contributed by atoms with E-state index in [9.17, 15) is 0 Å². The average Bonchev–Trinajstić information content (AvgIpc) is 2.74. The van der Waals surface area contributed by atoms with Crippen molar-refractivity contribution in [3.63, 3.8) is 0 Å². The van der Waals surface area contributed by atoms with Gasteiger partial charge in [0.25, 0.3) is 0 Å². The van der Waals surface area contributed by atoms with Crippen molar-refractivity contribution in [1.29, 1.82) is 0 Å². The van der Waals surface area contributed by atoms with Crippen LogP contribution in [0.15, 0.2) is 0 Å². The molecule has 0 aromatic heterocycles. The number of rotatable bonds is 1. The maximum atomic E-state index is 3.67. The molecular formula is C12H23N3. The summed E-state index contributed by atoms with van der Waals surface area (Å²) in [5, 5.41) is 10.8. The van der Waals surface area contributed by atoms with Crippen LogP contribution in [-0.2, 0) is 0 Å². The average molecular weight is 209 g/mol. The standard InChI is InChI=1S/C12H23N3/c1-3-9(7-13-5-1)11-8-15-12-10(11)4-2-6-14-12/h9-15H,1-8H2/t9-,10?,11?,12?/m0/s1. The van der Waals surface area contributed by atoms with Crippen LogP contribution in [0.1, 0.15) is 25.7 Å². The molecule has 0 radical (unpaired) electrons. The largest absolute Gasteiger partial charge is 0.316 e. The highest BCUT2D eigenvalue weighted by Gasteiger charge is 2.40. The molecule has 0 aromatic rings. The van der Waals surface area contributed by atoms with Gasteiger partial charge in [-0.25, -0.2) is 0 Å². The van der Waals surface area contributed by atoms with Crippen LogP contribution in [0.4, 0.5) is 0 Å². The van der Waals surface area contributed by atoms with Crippen molar-refractivity contribution in [2.75, 3.05) is 26.2 Å². The van der Waals surface area contributed by atoms with Gasteiger partial charge in [-0.2, -0.15) is 0 Å². The normalized spacial score (nSPS) is 46.4. The van der Waals surface area contributed by atoms with Gasteiger partial charge in [0.1, 0.15) is 0 Å². The first-order valence-electron chi connectivity index (χ1n) is 6.62. The Morgan fingerprint density at radius 1 is 0.800 bits per heavy atom. The second-order valence-corrected chi connectivity index (χ2v) is 5.42. The predicted molar refractivity (Wildman–Crippen MR) is 61.6 cm³/mol. The topological polar surface area (TPSA) is 36.1 Å². The summed E-state index contributed by atoms with van der Waals surface area (Å²) in [6, 6.07) is 0. The van der Waals surface area contributed by atoms with Crippen LogP contribution >= 0.6 is 0 Å². The number of nitrogens with one attached hydrogen (secondary N) is 3. The van der Waals surface area contributed by atoms with Crippen molar-refractivity contribution >= 4 is 0 Å². The molecule has 3 fully saturated rings. The van der Waals surface area contributed by atoms with Gasteiger partial charge in [0.2, 0.25) is 0 Å². The van der Waals surface area contributed by atoms with E-state index in [0.29, 0.717) is 6.17 Å². The van der Waals surface area contributed by atoms with Gasteiger partial charge in [-0.3, -0.25) is 0 Å². The zero-order chi connectivity index (χ0) is 10.1. The third-order valence-electron chi connectivity index (χ3n) is 4.57. The van der Waals surface area contributed by atoms with Crippen LogP contribution < -0.4 is 16.0 Å². The van der Waals surface area contributed by atoms with Crippen LogP contribution in [0.3, 0.4) is 0 Å². The van der Waals surface area contributed by atoms with Gasteiger partial charge in [-0.15, -0.1) is 0 Å². The summed E-state index contributed by atoms with van der Waals surface area (Å²) in [5.74, 6) is 2.76. The van der Waals surface area contributed by atoms with Crippen molar-refractivity contribution < 1.29 is 0 Å². The third kappa shape index (κ3) is 1.93. The molecule has 3 nitrogen and oxygen atoms in total. The molecule has 0 aromatic carbocycles. The summed E-state index contributed by atoms with van der Waals surface area (Å²) in [6.07, 6.45) is 6.27. The Kier molecular flexibility index (Phi) is 2.95. The van der Waals surface area contributed by atoms with E-state index in [1.807, 2.05) is 0 Å². The minimum atomic E-state index is 0.630. The Balaban J connectivity index is 1.65. The molecule has 0 amide bonds. The second-order valence-electron chi connectivity index (χ2n) is 5.42. The maximum absolute atomic E-state index is 3.67. The molecule has 86 valence electrons. The molecule has 3 N–H and O–H groups in total. The fourth-order valence-electron chi connectivity index (χ4n) is 3.77. The van der Waals surface area contributed by atoms with E-state index in [4.69, 9.17) is 0 Å². The van der Waals surface area contributed by atoms with E-state index in [0.717, 1.165) is 17.8 Å². The highest BCUT2D eigenvalue weighted by atomic mass is 15.2. The smallest absolute Gasteiger partial charge is 0.0604 e. The fourth-order valence-corrected chi connectivity index (χ4v) is 3.77. The van der Waals surface area contributed by atoms with Crippen molar-refractivity contribution in [1.82, 2.24) is 16.0 Å². The Morgan fingerprint density at radius 2 is 1.73 bits per heavy atom. The van der Waals surface area contributed by atoms with Crippen molar-refractivity contribution in [2.45, 2.75) is 31.8 Å². The Bertz CT molecular complexity index is 213. The molecule has 0 spiro atoms. The van der Waals surface area contributed by atoms with Crippen LogP contribution in [-0.4, -0.2) is 32.3 Å². The van der Waals surface area contributed by atoms with Gasteiger partial charge in [0.15, 0.2) is 0 Å². The highest BCUT2D eigenvalue weighted by molar-refractivity contribution is 4.95. The van der Waals surface area contributed by atoms with Gasteiger partial charge in [0, 0.05) is 6.54 Å². The molecule has 3 aliphatic rings. The van der Waals surface area contributed by atoms with Gasteiger partial charge in [-0.1, -0.05) is 0 Å². The molecule has 0 saturated carbocycles. The molecule has 0 aliphatic carbocycles. The Hall–Kier alpha value is -0.120. The molecular weight excluding hydrogens is 186 g/mol. The lowest BCUT2D eigenvalue weighted by Gasteiger charge is -2.35. The molecule has 15 heavy (non-hydrogen) atoms. The van der Waals surface area contributed by atoms with Crippen LogP contribution in [0, 0.1) is 17.8 Å². The summed E-state index contributed by atoms with van der Waals surface area (Å²) in [5.41, 5.74) is 0. The summed E-state index contributed by atoms with van der Waals surface area (Å²) in [4.78, 5) is 0. The predicted octanol–water partition coefficient (Wildman–Crippen LogP) is 0.531. The van der Waals surface area contributed by atoms with Gasteiger partial charge in [-0.05, 0) is 63.1 Å². The molecule has 3 saturated heterocycles. The summed E-state index contributed by atoms with van der Waals surface area (Å²) in [6.45, 7) is 4.96. The van der Waals surface area contributed by atoms with E-state index in [2.05, 4.69) is 16.0 Å². The molecule has 3 unspecified atom stereocenters. The van der Waals surface area contributed by atoms with E-state index in [1.165, 1.54) is 51.9 Å². The Morgan fingerprint density at radius 3 is 2.60 bits per heavy atom. The Labute approximate surface area is 92.4 Å². The quantitative estimate of drug-likeness (QED) is 0.589. The lowest BCUT2D eigenvalue weighted by Crippen LogP contribution is -2.46. The molecule has 3 heteroatoms. The SMILES string of the molecule is C1CNC2NCC([C@H]3CCCNC3)C2C1. The maximum Gasteiger partial charge on any atom is 0.0604 e. The van der Waals surface area contributed by atoms with E-state index in [-0.39, 0.29) is 0 Å². The first-order valence-corrected chi connectivity index (χ1v) is 6.62. The molecule has 3 aliphatic heterocycles. The van der Waals surface area contributed by atoms with E-state index in [1.54, 1.807) is 0 Å². The lowest BCUT2D eigenvalue weighted by atomic mass is 9.76. The highest BCUT2D eigenvalue weighted by Crippen LogP contribution is 2.35. The second kappa shape index (κ2) is 4.40. The summed E-state index contributed by atoms with van der Waals surface area (Å²) in [7, 11) is 0. The minimum absolute atomic E-state index is 0.630. The van der Waals surface area contributed by atoms with Crippen molar-refractivity contribution in [3.8, 4) is 0 Å². The van der Waals surface area contributed by atoms with Gasteiger partial charge < -0.3 is 16.0 Å². The number of piperidine rings is 2. The van der Waals surface area contributed by atoms with Crippen molar-refractivity contribution in [3.05, 3.63) is 0 Å². The first-order chi connectivity index (χ1) is 7.45. The molecule has 4 atom stereocenters. The van der Waals surface area contributed by atoms with Crippen LogP contribution in [0.5, 0.6) is 0 Å². The summed E-state index contributed by atoms with van der Waals surface area (Å²) < 4.78 is 0. The molecule has 3 rings (SSSR count). The zero-order valence-corrected chi connectivity index (χ0v) is 9.47. The number of fused-ring (bicyclic) bond motifs is 1.